The van der Waals surface area contributed by atoms with Crippen molar-refractivity contribution in [3.63, 3.8) is 0 Å². The van der Waals surface area contributed by atoms with Crippen LogP contribution in [-0.4, -0.2) is 42.5 Å². The van der Waals surface area contributed by atoms with Gasteiger partial charge in [-0.2, -0.15) is 8.78 Å². The number of hydrogen-bond donors (Lipinski definition) is 1. The van der Waals surface area contributed by atoms with Crippen LogP contribution in [0.2, 0.25) is 0 Å². The summed E-state index contributed by atoms with van der Waals surface area (Å²) in [6, 6.07) is 4.88. The topological polar surface area (TPSA) is 94.7 Å². The molecule has 0 aliphatic carbocycles. The van der Waals surface area contributed by atoms with Gasteiger partial charge in [0.2, 0.25) is 5.78 Å². The second-order valence-electron chi connectivity index (χ2n) is 5.93. The molecule has 0 aliphatic heterocycles. The van der Waals surface area contributed by atoms with Crippen LogP contribution in [0.1, 0.15) is 49.4 Å². The van der Waals surface area contributed by atoms with Crippen molar-refractivity contribution in [3.8, 4) is 5.75 Å². The zero-order chi connectivity index (χ0) is 21.0. The average Bonchev–Trinajstić information content (AvgIpc) is 2.94. The van der Waals surface area contributed by atoms with E-state index >= 15 is 0 Å². The predicted octanol–water partition coefficient (Wildman–Crippen LogP) is 3.45. The van der Waals surface area contributed by atoms with E-state index < -0.39 is 30.4 Å². The minimum absolute atomic E-state index is 0.0657. The number of H-pyrrole nitrogens is 1. The minimum atomic E-state index is -2.97. The minimum Gasteiger partial charge on any atom is -0.465 e. The number of carbonyl (C=O) groups excluding carboxylic acids is 3. The molecule has 0 fully saturated rings. The van der Waals surface area contributed by atoms with Crippen molar-refractivity contribution in [2.45, 2.75) is 33.5 Å². The molecule has 0 aliphatic rings. The summed E-state index contributed by atoms with van der Waals surface area (Å²) < 4.78 is 38.4. The van der Waals surface area contributed by atoms with Gasteiger partial charge in [0, 0.05) is 5.69 Å². The van der Waals surface area contributed by atoms with Crippen LogP contribution in [0.5, 0.6) is 5.75 Å². The fraction of sp³-hybridized carbons (Fsp3) is 0.316. The molecule has 0 unspecified atom stereocenters. The van der Waals surface area contributed by atoms with Crippen molar-refractivity contribution in [3.05, 3.63) is 52.3 Å². The predicted molar refractivity (Wildman–Crippen MR) is 93.9 cm³/mol. The molecule has 0 radical (unpaired) electrons. The zero-order valence-corrected chi connectivity index (χ0v) is 15.7. The van der Waals surface area contributed by atoms with Crippen molar-refractivity contribution in [2.75, 3.05) is 7.11 Å². The molecule has 0 amide bonds. The van der Waals surface area contributed by atoms with Crippen molar-refractivity contribution in [1.29, 1.82) is 0 Å². The molecule has 1 N–H and O–H groups in total. The van der Waals surface area contributed by atoms with Crippen LogP contribution in [0.15, 0.2) is 24.3 Å². The Balaban J connectivity index is 2.12. The average molecular weight is 395 g/mol. The highest BCUT2D eigenvalue weighted by atomic mass is 19.3. The second-order valence-corrected chi connectivity index (χ2v) is 5.93. The number of halogens is 2. The van der Waals surface area contributed by atoms with E-state index in [1.54, 1.807) is 13.8 Å². The van der Waals surface area contributed by atoms with Gasteiger partial charge < -0.3 is 19.2 Å². The maximum Gasteiger partial charge on any atom is 0.387 e. The molecule has 1 atom stereocenters. The van der Waals surface area contributed by atoms with Crippen LogP contribution in [0, 0.1) is 13.8 Å². The van der Waals surface area contributed by atoms with E-state index in [1.165, 1.54) is 38.3 Å². The largest absolute Gasteiger partial charge is 0.465 e. The van der Waals surface area contributed by atoms with Gasteiger partial charge in [0.1, 0.15) is 5.75 Å². The standard InChI is InChI=1S/C19H19F2NO6/c1-9-14(18(25)26-4)10(2)22-15(9)16(23)11(3)27-17(24)12-5-7-13(8-6-12)28-19(20)21/h5-8,11,19,22H,1-4H3/t11-/m0/s1. The number of rotatable bonds is 7. The molecule has 0 spiro atoms. The van der Waals surface area contributed by atoms with Gasteiger partial charge in [0.15, 0.2) is 6.10 Å². The summed E-state index contributed by atoms with van der Waals surface area (Å²) in [5.41, 5.74) is 1.31. The number of aryl methyl sites for hydroxylation is 1. The normalized spacial score (nSPS) is 11.8. The Morgan fingerprint density at radius 2 is 1.64 bits per heavy atom. The van der Waals surface area contributed by atoms with Crippen molar-refractivity contribution in [2.24, 2.45) is 0 Å². The van der Waals surface area contributed by atoms with E-state index in [4.69, 9.17) is 9.47 Å². The van der Waals surface area contributed by atoms with Gasteiger partial charge in [0.05, 0.1) is 23.9 Å². The molecule has 2 aromatic rings. The van der Waals surface area contributed by atoms with Gasteiger partial charge in [-0.1, -0.05) is 0 Å². The van der Waals surface area contributed by atoms with E-state index in [0.717, 1.165) is 0 Å². The van der Waals surface area contributed by atoms with Crippen LogP contribution < -0.4 is 4.74 Å². The number of methoxy groups -OCH3 is 1. The summed E-state index contributed by atoms with van der Waals surface area (Å²) in [5.74, 6) is -2.02. The van der Waals surface area contributed by atoms with Gasteiger partial charge in [-0.25, -0.2) is 9.59 Å². The molecule has 2 rings (SSSR count). The highest BCUT2D eigenvalue weighted by molar-refractivity contribution is 6.04. The fourth-order valence-electron chi connectivity index (χ4n) is 2.66. The van der Waals surface area contributed by atoms with Crippen molar-refractivity contribution in [1.82, 2.24) is 4.98 Å². The van der Waals surface area contributed by atoms with Crippen molar-refractivity contribution >= 4 is 17.7 Å². The van der Waals surface area contributed by atoms with E-state index in [9.17, 15) is 23.2 Å². The summed E-state index contributed by atoms with van der Waals surface area (Å²) in [5, 5.41) is 0. The Kier molecular flexibility index (Phi) is 6.50. The first-order valence-corrected chi connectivity index (χ1v) is 8.23. The van der Waals surface area contributed by atoms with Gasteiger partial charge in [0.25, 0.3) is 0 Å². The first-order chi connectivity index (χ1) is 13.1. The number of ether oxygens (including phenoxy) is 3. The lowest BCUT2D eigenvalue weighted by Gasteiger charge is -2.12. The number of carbonyl (C=O) groups is 3. The maximum absolute atomic E-state index is 12.6. The molecule has 0 saturated carbocycles. The summed E-state index contributed by atoms with van der Waals surface area (Å²) in [7, 11) is 1.23. The fourth-order valence-corrected chi connectivity index (χ4v) is 2.66. The van der Waals surface area contributed by atoms with E-state index in [0.29, 0.717) is 11.3 Å². The molecule has 0 saturated heterocycles. The third kappa shape index (κ3) is 4.54. The summed E-state index contributed by atoms with van der Waals surface area (Å²) in [6.45, 7) is 1.62. The maximum atomic E-state index is 12.6. The molecule has 1 aromatic carbocycles. The lowest BCUT2D eigenvalue weighted by atomic mass is 10.1. The number of esters is 2. The molecule has 28 heavy (non-hydrogen) atoms. The van der Waals surface area contributed by atoms with Crippen LogP contribution in [0.4, 0.5) is 8.78 Å². The van der Waals surface area contributed by atoms with Gasteiger partial charge in [-0.3, -0.25) is 4.79 Å². The number of Topliss-reactive ketones (excluding diaryl/α,β-unsaturated/α-hetero) is 1. The number of hydrogen-bond acceptors (Lipinski definition) is 6. The van der Waals surface area contributed by atoms with Crippen LogP contribution in [-0.2, 0) is 9.47 Å². The van der Waals surface area contributed by atoms with Gasteiger partial charge >= 0.3 is 18.6 Å². The molecule has 7 nitrogen and oxygen atoms in total. The zero-order valence-electron chi connectivity index (χ0n) is 15.7. The Morgan fingerprint density at radius 1 is 1.04 bits per heavy atom. The SMILES string of the molecule is COC(=O)c1c(C)[nH]c(C(=O)[C@H](C)OC(=O)c2ccc(OC(F)F)cc2)c1C. The van der Waals surface area contributed by atoms with Crippen LogP contribution in [0.3, 0.4) is 0 Å². The number of nitrogens with one attached hydrogen (secondary N) is 1. The Hall–Kier alpha value is -3.23. The first-order valence-electron chi connectivity index (χ1n) is 8.23. The molecular formula is C19H19F2NO6. The van der Waals surface area contributed by atoms with Gasteiger partial charge in [-0.05, 0) is 50.6 Å². The second kappa shape index (κ2) is 8.64. The Bertz CT molecular complexity index is 889. The molecule has 150 valence electrons. The monoisotopic (exact) mass is 395 g/mol. The van der Waals surface area contributed by atoms with E-state index in [1.807, 2.05) is 0 Å². The summed E-state index contributed by atoms with van der Waals surface area (Å²) in [4.78, 5) is 39.4. The highest BCUT2D eigenvalue weighted by Crippen LogP contribution is 2.21. The van der Waals surface area contributed by atoms with E-state index in [2.05, 4.69) is 9.72 Å². The van der Waals surface area contributed by atoms with Crippen LogP contribution >= 0.6 is 0 Å². The lowest BCUT2D eigenvalue weighted by Crippen LogP contribution is -2.25. The quantitative estimate of drug-likeness (QED) is 0.570. The number of ketones is 1. The Morgan fingerprint density at radius 3 is 2.18 bits per heavy atom. The molecular weight excluding hydrogens is 376 g/mol. The summed E-state index contributed by atoms with van der Waals surface area (Å²) in [6.07, 6.45) is -1.15. The molecule has 1 aromatic heterocycles. The van der Waals surface area contributed by atoms with Crippen molar-refractivity contribution < 1.29 is 37.4 Å². The lowest BCUT2D eigenvalue weighted by molar-refractivity contribution is -0.0498. The van der Waals surface area contributed by atoms with Gasteiger partial charge in [-0.15, -0.1) is 0 Å². The third-order valence-electron chi connectivity index (χ3n) is 4.04. The van der Waals surface area contributed by atoms with E-state index in [-0.39, 0.29) is 22.6 Å². The summed E-state index contributed by atoms with van der Waals surface area (Å²) >= 11 is 0. The van der Waals surface area contributed by atoms with Crippen LogP contribution in [0.25, 0.3) is 0 Å². The smallest absolute Gasteiger partial charge is 0.387 e. The first kappa shape index (κ1) is 21.1. The highest BCUT2D eigenvalue weighted by Gasteiger charge is 2.27. The third-order valence-corrected chi connectivity index (χ3v) is 4.04. The number of aromatic amines is 1. The number of alkyl halides is 2. The molecule has 9 heteroatoms. The number of benzene rings is 1. The number of aromatic nitrogens is 1. The molecule has 0 bridgehead atoms. The molecule has 1 heterocycles. The Labute approximate surface area is 159 Å².